The minimum atomic E-state index is -1.01. The zero-order valence-corrected chi connectivity index (χ0v) is 14.1. The highest BCUT2D eigenvalue weighted by molar-refractivity contribution is 5.84. The van der Waals surface area contributed by atoms with Crippen molar-refractivity contribution in [2.24, 2.45) is 5.92 Å². The van der Waals surface area contributed by atoms with Gasteiger partial charge in [-0.2, -0.15) is 0 Å². The third-order valence-electron chi connectivity index (χ3n) is 3.95. The number of amides is 1. The van der Waals surface area contributed by atoms with E-state index in [1.807, 2.05) is 6.07 Å². The number of aromatic nitrogens is 1. The molecule has 1 unspecified atom stereocenters. The normalized spacial score (nSPS) is 14.3. The van der Waals surface area contributed by atoms with Crippen molar-refractivity contribution in [2.45, 2.75) is 25.3 Å². The first kappa shape index (κ1) is 17.7. The molecule has 1 saturated carbocycles. The van der Waals surface area contributed by atoms with Crippen LogP contribution in [-0.4, -0.2) is 34.6 Å². The van der Waals surface area contributed by atoms with Crippen LogP contribution >= 0.6 is 0 Å². The van der Waals surface area contributed by atoms with Crippen LogP contribution in [-0.2, 0) is 9.59 Å². The van der Waals surface area contributed by atoms with Crippen molar-refractivity contribution in [3.05, 3.63) is 48.7 Å². The number of pyridine rings is 1. The summed E-state index contributed by atoms with van der Waals surface area (Å²) in [7, 11) is 0. The van der Waals surface area contributed by atoms with E-state index in [-0.39, 0.29) is 6.61 Å². The monoisotopic (exact) mass is 356 g/mol. The summed E-state index contributed by atoms with van der Waals surface area (Å²) in [5, 5.41) is 11.7. The van der Waals surface area contributed by atoms with Crippen molar-refractivity contribution in [3.63, 3.8) is 0 Å². The zero-order chi connectivity index (χ0) is 18.4. The average molecular weight is 356 g/mol. The second-order valence-corrected chi connectivity index (χ2v) is 6.17. The minimum absolute atomic E-state index is 0.241. The number of hydrogen-bond donors (Lipinski definition) is 2. The molecule has 136 valence electrons. The van der Waals surface area contributed by atoms with Gasteiger partial charge in [0, 0.05) is 12.3 Å². The number of ether oxygens (including phenoxy) is 2. The smallest absolute Gasteiger partial charge is 0.326 e. The zero-order valence-electron chi connectivity index (χ0n) is 14.1. The highest BCUT2D eigenvalue weighted by Gasteiger charge is 2.30. The van der Waals surface area contributed by atoms with Crippen molar-refractivity contribution in [3.8, 4) is 17.4 Å². The van der Waals surface area contributed by atoms with Gasteiger partial charge in [0.2, 0.25) is 5.88 Å². The van der Waals surface area contributed by atoms with Gasteiger partial charge in [-0.1, -0.05) is 18.9 Å². The van der Waals surface area contributed by atoms with Crippen molar-refractivity contribution in [1.82, 2.24) is 10.3 Å². The highest BCUT2D eigenvalue weighted by Crippen LogP contribution is 2.33. The lowest BCUT2D eigenvalue weighted by Gasteiger charge is -2.14. The van der Waals surface area contributed by atoms with Gasteiger partial charge in [0.15, 0.2) is 6.61 Å². The number of carbonyl (C=O) groups excluding carboxylic acids is 1. The van der Waals surface area contributed by atoms with Crippen LogP contribution in [0.15, 0.2) is 48.7 Å². The lowest BCUT2D eigenvalue weighted by Crippen LogP contribution is -2.43. The molecule has 2 aromatic rings. The maximum Gasteiger partial charge on any atom is 0.326 e. The third-order valence-corrected chi connectivity index (χ3v) is 3.95. The molecular formula is C19H20N2O5. The van der Waals surface area contributed by atoms with E-state index in [4.69, 9.17) is 14.6 Å². The molecule has 2 N–H and O–H groups in total. The number of nitrogens with one attached hydrogen (secondary N) is 1. The number of carbonyl (C=O) groups is 2. The summed E-state index contributed by atoms with van der Waals surface area (Å²) in [5.41, 5.74) is 0. The summed E-state index contributed by atoms with van der Waals surface area (Å²) in [6.07, 6.45) is 4.17. The highest BCUT2D eigenvalue weighted by atomic mass is 16.5. The Morgan fingerprint density at radius 2 is 1.88 bits per heavy atom. The molecule has 26 heavy (non-hydrogen) atoms. The van der Waals surface area contributed by atoms with Gasteiger partial charge in [-0.25, -0.2) is 9.78 Å². The molecule has 1 heterocycles. The molecular weight excluding hydrogens is 336 g/mol. The summed E-state index contributed by atoms with van der Waals surface area (Å²) >= 11 is 0. The Morgan fingerprint density at radius 1 is 1.15 bits per heavy atom. The Morgan fingerprint density at radius 3 is 2.50 bits per heavy atom. The van der Waals surface area contributed by atoms with Gasteiger partial charge in [-0.15, -0.1) is 0 Å². The number of rotatable bonds is 9. The van der Waals surface area contributed by atoms with Gasteiger partial charge in [0.05, 0.1) is 0 Å². The predicted molar refractivity (Wildman–Crippen MR) is 93.2 cm³/mol. The van der Waals surface area contributed by atoms with Crippen LogP contribution in [0.2, 0.25) is 0 Å². The van der Waals surface area contributed by atoms with E-state index < -0.39 is 17.9 Å². The summed E-state index contributed by atoms with van der Waals surface area (Å²) in [6.45, 7) is -0.241. The molecule has 0 saturated heterocycles. The Kier molecular flexibility index (Phi) is 5.68. The maximum absolute atomic E-state index is 11.9. The van der Waals surface area contributed by atoms with Crippen LogP contribution in [0.25, 0.3) is 0 Å². The Balaban J connectivity index is 1.46. The molecule has 7 nitrogen and oxygen atoms in total. The van der Waals surface area contributed by atoms with Crippen molar-refractivity contribution >= 4 is 11.9 Å². The van der Waals surface area contributed by atoms with Crippen LogP contribution in [0, 0.1) is 5.92 Å². The van der Waals surface area contributed by atoms with Gasteiger partial charge in [-0.05, 0) is 42.7 Å². The van der Waals surface area contributed by atoms with Crippen LogP contribution in [0.1, 0.15) is 19.3 Å². The van der Waals surface area contributed by atoms with E-state index in [1.165, 1.54) is 0 Å². The molecule has 0 bridgehead atoms. The van der Waals surface area contributed by atoms with E-state index >= 15 is 0 Å². The molecule has 1 aliphatic carbocycles. The fraction of sp³-hybridized carbons (Fsp3) is 0.316. The first-order chi connectivity index (χ1) is 12.6. The largest absolute Gasteiger partial charge is 0.484 e. The van der Waals surface area contributed by atoms with Gasteiger partial charge < -0.3 is 19.9 Å². The molecule has 0 spiro atoms. The van der Waals surface area contributed by atoms with Crippen molar-refractivity contribution in [1.29, 1.82) is 0 Å². The van der Waals surface area contributed by atoms with E-state index in [1.54, 1.807) is 42.6 Å². The second kappa shape index (κ2) is 8.33. The fourth-order valence-electron chi connectivity index (χ4n) is 2.43. The molecule has 3 rings (SSSR count). The van der Waals surface area contributed by atoms with E-state index in [0.29, 0.717) is 29.7 Å². The average Bonchev–Trinajstić information content (AvgIpc) is 3.45. The van der Waals surface area contributed by atoms with Crippen molar-refractivity contribution < 1.29 is 24.2 Å². The predicted octanol–water partition coefficient (Wildman–Crippen LogP) is 2.62. The van der Waals surface area contributed by atoms with Crippen LogP contribution in [0.3, 0.4) is 0 Å². The third kappa shape index (κ3) is 5.47. The number of carboxylic acids is 1. The van der Waals surface area contributed by atoms with Gasteiger partial charge in [0.1, 0.15) is 17.5 Å². The van der Waals surface area contributed by atoms with Crippen molar-refractivity contribution in [2.75, 3.05) is 6.61 Å². The van der Waals surface area contributed by atoms with Gasteiger partial charge >= 0.3 is 5.97 Å². The van der Waals surface area contributed by atoms with Gasteiger partial charge in [0.25, 0.3) is 5.91 Å². The standard InChI is InChI=1S/C19H20N2O5/c22-17(21-16(19(23)24)11-13-4-5-13)12-25-14-6-8-15(9-7-14)26-18-3-1-2-10-20-18/h1-3,6-10,13,16H,4-5,11-12H2,(H,21,22)(H,23,24). The maximum atomic E-state index is 11.9. The molecule has 1 aliphatic rings. The van der Waals surface area contributed by atoms with Crippen LogP contribution in [0.4, 0.5) is 0 Å². The number of hydrogen-bond acceptors (Lipinski definition) is 5. The summed E-state index contributed by atoms with van der Waals surface area (Å²) in [6, 6.07) is 11.3. The molecule has 0 aliphatic heterocycles. The molecule has 7 heteroatoms. The number of carboxylic acid groups (broad SMARTS) is 1. The minimum Gasteiger partial charge on any atom is -0.484 e. The first-order valence-electron chi connectivity index (χ1n) is 8.44. The number of aliphatic carboxylic acids is 1. The van der Waals surface area contributed by atoms with Crippen LogP contribution < -0.4 is 14.8 Å². The SMILES string of the molecule is O=C(COc1ccc(Oc2ccccn2)cc1)NC(CC1CC1)C(=O)O. The topological polar surface area (TPSA) is 97.8 Å². The lowest BCUT2D eigenvalue weighted by molar-refractivity contribution is -0.142. The molecule has 1 fully saturated rings. The van der Waals surface area contributed by atoms with Crippen LogP contribution in [0.5, 0.6) is 17.4 Å². The van der Waals surface area contributed by atoms with E-state index in [2.05, 4.69) is 10.3 Å². The molecule has 1 atom stereocenters. The molecule has 0 radical (unpaired) electrons. The number of nitrogens with zero attached hydrogens (tertiary/aromatic N) is 1. The summed E-state index contributed by atoms with van der Waals surface area (Å²) in [5.74, 6) is 0.506. The number of benzene rings is 1. The fourth-order valence-corrected chi connectivity index (χ4v) is 2.43. The lowest BCUT2D eigenvalue weighted by atomic mass is 10.1. The quantitative estimate of drug-likeness (QED) is 0.717. The van der Waals surface area contributed by atoms with E-state index in [0.717, 1.165) is 12.8 Å². The molecule has 1 aromatic heterocycles. The summed E-state index contributed by atoms with van der Waals surface area (Å²) in [4.78, 5) is 27.2. The Bertz CT molecular complexity index is 744. The molecule has 1 aromatic carbocycles. The summed E-state index contributed by atoms with van der Waals surface area (Å²) < 4.78 is 11.0. The van der Waals surface area contributed by atoms with Gasteiger partial charge in [-0.3, -0.25) is 4.79 Å². The second-order valence-electron chi connectivity index (χ2n) is 6.17. The first-order valence-corrected chi connectivity index (χ1v) is 8.44. The van der Waals surface area contributed by atoms with E-state index in [9.17, 15) is 9.59 Å². The Hall–Kier alpha value is -3.09. The molecule has 1 amide bonds. The Labute approximate surface area is 151 Å².